The third-order valence-corrected chi connectivity index (χ3v) is 2.96. The van der Waals surface area contributed by atoms with Gasteiger partial charge in [0.15, 0.2) is 0 Å². The Morgan fingerprint density at radius 2 is 2.41 bits per heavy atom. The van der Waals surface area contributed by atoms with Crippen LogP contribution in [0.15, 0.2) is 10.5 Å². The molecule has 1 aromatic rings. The SMILES string of the molecule is Cc1oc(COCCC2CC2)cc1C(=O)NN. The average Bonchev–Trinajstić information content (AvgIpc) is 3.07. The van der Waals surface area contributed by atoms with Gasteiger partial charge in [0.05, 0.1) is 5.56 Å². The number of carbonyl (C=O) groups is 1. The van der Waals surface area contributed by atoms with E-state index < -0.39 is 0 Å². The first-order chi connectivity index (χ1) is 8.20. The van der Waals surface area contributed by atoms with Gasteiger partial charge >= 0.3 is 0 Å². The average molecular weight is 238 g/mol. The van der Waals surface area contributed by atoms with Crippen LogP contribution in [0.2, 0.25) is 0 Å². The summed E-state index contributed by atoms with van der Waals surface area (Å²) < 4.78 is 10.9. The Hall–Kier alpha value is -1.33. The molecule has 0 atom stereocenters. The van der Waals surface area contributed by atoms with E-state index in [2.05, 4.69) is 5.43 Å². The zero-order valence-electron chi connectivity index (χ0n) is 9.99. The summed E-state index contributed by atoms with van der Waals surface area (Å²) in [5.74, 6) is 6.83. The zero-order valence-corrected chi connectivity index (χ0v) is 9.99. The van der Waals surface area contributed by atoms with Crippen molar-refractivity contribution in [2.24, 2.45) is 11.8 Å². The smallest absolute Gasteiger partial charge is 0.268 e. The van der Waals surface area contributed by atoms with Gasteiger partial charge in [-0.1, -0.05) is 12.8 Å². The van der Waals surface area contributed by atoms with Crippen molar-refractivity contribution < 1.29 is 13.9 Å². The number of rotatable bonds is 6. The van der Waals surface area contributed by atoms with E-state index in [0.29, 0.717) is 23.7 Å². The van der Waals surface area contributed by atoms with Gasteiger partial charge in [-0.05, 0) is 25.3 Å². The molecule has 1 aliphatic rings. The minimum Gasteiger partial charge on any atom is -0.463 e. The van der Waals surface area contributed by atoms with Crippen molar-refractivity contribution >= 4 is 5.91 Å². The third kappa shape index (κ3) is 3.31. The third-order valence-electron chi connectivity index (χ3n) is 2.96. The highest BCUT2D eigenvalue weighted by Crippen LogP contribution is 2.32. The van der Waals surface area contributed by atoms with E-state index in [1.165, 1.54) is 12.8 Å². The first kappa shape index (κ1) is 12.1. The van der Waals surface area contributed by atoms with Gasteiger partial charge in [-0.3, -0.25) is 10.2 Å². The highest BCUT2D eigenvalue weighted by molar-refractivity contribution is 5.94. The second-order valence-electron chi connectivity index (χ2n) is 4.44. The lowest BCUT2D eigenvalue weighted by molar-refractivity contribution is 0.0951. The summed E-state index contributed by atoms with van der Waals surface area (Å²) in [5.41, 5.74) is 2.55. The molecule has 3 N–H and O–H groups in total. The van der Waals surface area contributed by atoms with Crippen LogP contribution in [0.1, 0.15) is 41.1 Å². The lowest BCUT2D eigenvalue weighted by Gasteiger charge is -2.00. The number of ether oxygens (including phenoxy) is 1. The molecule has 5 heteroatoms. The summed E-state index contributed by atoms with van der Waals surface area (Å²) in [7, 11) is 0. The molecule has 0 saturated heterocycles. The number of nitrogens with two attached hydrogens (primary N) is 1. The van der Waals surface area contributed by atoms with Crippen LogP contribution in [-0.4, -0.2) is 12.5 Å². The number of hydrogen-bond acceptors (Lipinski definition) is 4. The van der Waals surface area contributed by atoms with Crippen molar-refractivity contribution in [3.8, 4) is 0 Å². The van der Waals surface area contributed by atoms with Crippen molar-refractivity contribution in [2.45, 2.75) is 32.8 Å². The lowest BCUT2D eigenvalue weighted by atomic mass is 10.2. The predicted octanol–water partition coefficient (Wildman–Crippen LogP) is 1.51. The number of carbonyl (C=O) groups excluding carboxylic acids is 1. The number of nitrogens with one attached hydrogen (secondary N) is 1. The normalized spacial score (nSPS) is 14.9. The topological polar surface area (TPSA) is 77.5 Å². The first-order valence-electron chi connectivity index (χ1n) is 5.88. The van der Waals surface area contributed by atoms with Crippen LogP contribution in [-0.2, 0) is 11.3 Å². The molecule has 0 spiro atoms. The second kappa shape index (κ2) is 5.33. The van der Waals surface area contributed by atoms with Crippen molar-refractivity contribution in [3.63, 3.8) is 0 Å². The maximum Gasteiger partial charge on any atom is 0.268 e. The molecule has 0 bridgehead atoms. The molecule has 0 unspecified atom stereocenters. The van der Waals surface area contributed by atoms with E-state index in [1.54, 1.807) is 13.0 Å². The monoisotopic (exact) mass is 238 g/mol. The first-order valence-corrected chi connectivity index (χ1v) is 5.88. The van der Waals surface area contributed by atoms with Crippen LogP contribution in [0.3, 0.4) is 0 Å². The molecule has 0 aromatic carbocycles. The number of furan rings is 1. The molecule has 94 valence electrons. The maximum absolute atomic E-state index is 11.3. The summed E-state index contributed by atoms with van der Waals surface area (Å²) >= 11 is 0. The number of amides is 1. The molecule has 0 aliphatic heterocycles. The van der Waals surface area contributed by atoms with Gasteiger partial charge in [-0.25, -0.2) is 5.84 Å². The molecule has 1 aromatic heterocycles. The maximum atomic E-state index is 11.3. The standard InChI is InChI=1S/C12H18N2O3/c1-8-11(12(15)14-13)6-10(17-8)7-16-5-4-9-2-3-9/h6,9H,2-5,7,13H2,1H3,(H,14,15). The molecule has 0 radical (unpaired) electrons. The Balaban J connectivity index is 1.81. The van der Waals surface area contributed by atoms with Gasteiger partial charge < -0.3 is 9.15 Å². The van der Waals surface area contributed by atoms with Crippen molar-refractivity contribution in [2.75, 3.05) is 6.61 Å². The fourth-order valence-corrected chi connectivity index (χ4v) is 1.75. The molecule has 2 rings (SSSR count). The molecule has 5 nitrogen and oxygen atoms in total. The molecule has 1 aliphatic carbocycles. The van der Waals surface area contributed by atoms with E-state index in [9.17, 15) is 4.79 Å². The minimum absolute atomic E-state index is 0.338. The van der Waals surface area contributed by atoms with E-state index in [-0.39, 0.29) is 5.91 Å². The van der Waals surface area contributed by atoms with E-state index in [4.69, 9.17) is 15.0 Å². The Kier molecular flexibility index (Phi) is 3.81. The quantitative estimate of drug-likeness (QED) is 0.341. The highest BCUT2D eigenvalue weighted by Gasteiger charge is 2.20. The highest BCUT2D eigenvalue weighted by atomic mass is 16.5. The molecule has 1 fully saturated rings. The van der Waals surface area contributed by atoms with Gasteiger partial charge in [-0.15, -0.1) is 0 Å². The molecular formula is C12H18N2O3. The van der Waals surface area contributed by atoms with E-state index in [0.717, 1.165) is 18.9 Å². The van der Waals surface area contributed by atoms with Crippen molar-refractivity contribution in [1.82, 2.24) is 5.43 Å². The van der Waals surface area contributed by atoms with E-state index in [1.807, 2.05) is 0 Å². The van der Waals surface area contributed by atoms with Crippen LogP contribution in [0.4, 0.5) is 0 Å². The van der Waals surface area contributed by atoms with Gasteiger partial charge in [0.1, 0.15) is 18.1 Å². The molecule has 1 amide bonds. The largest absolute Gasteiger partial charge is 0.463 e. The minimum atomic E-state index is -0.338. The van der Waals surface area contributed by atoms with Crippen LogP contribution < -0.4 is 11.3 Å². The van der Waals surface area contributed by atoms with Crippen molar-refractivity contribution in [3.05, 3.63) is 23.2 Å². The number of nitrogen functional groups attached to an aromatic ring is 1. The Bertz CT molecular complexity index is 396. The van der Waals surface area contributed by atoms with Gasteiger partial charge in [-0.2, -0.15) is 0 Å². The fourth-order valence-electron chi connectivity index (χ4n) is 1.75. The van der Waals surface area contributed by atoms with Gasteiger partial charge in [0.25, 0.3) is 5.91 Å². The van der Waals surface area contributed by atoms with Gasteiger partial charge in [0.2, 0.25) is 0 Å². The predicted molar refractivity (Wildman–Crippen MR) is 62.1 cm³/mol. The summed E-state index contributed by atoms with van der Waals surface area (Å²) in [5, 5.41) is 0. The number of hydrogen-bond donors (Lipinski definition) is 2. The van der Waals surface area contributed by atoms with Crippen LogP contribution in [0.5, 0.6) is 0 Å². The van der Waals surface area contributed by atoms with E-state index >= 15 is 0 Å². The second-order valence-corrected chi connectivity index (χ2v) is 4.44. The van der Waals surface area contributed by atoms with Gasteiger partial charge in [0, 0.05) is 6.61 Å². The molecule has 1 saturated carbocycles. The Labute approximate surface area is 100 Å². The summed E-state index contributed by atoms with van der Waals surface area (Å²) in [4.78, 5) is 11.3. The fraction of sp³-hybridized carbons (Fsp3) is 0.583. The Morgan fingerprint density at radius 1 is 1.65 bits per heavy atom. The molecule has 1 heterocycles. The Morgan fingerprint density at radius 3 is 3.06 bits per heavy atom. The number of aryl methyl sites for hydroxylation is 1. The molecular weight excluding hydrogens is 220 g/mol. The molecule has 17 heavy (non-hydrogen) atoms. The van der Waals surface area contributed by atoms with Crippen LogP contribution >= 0.6 is 0 Å². The van der Waals surface area contributed by atoms with Crippen LogP contribution in [0, 0.1) is 12.8 Å². The summed E-state index contributed by atoms with van der Waals surface area (Å²) in [6.45, 7) is 2.90. The summed E-state index contributed by atoms with van der Waals surface area (Å²) in [6, 6.07) is 1.68. The number of hydrazine groups is 1. The zero-order chi connectivity index (χ0) is 12.3. The van der Waals surface area contributed by atoms with Crippen LogP contribution in [0.25, 0.3) is 0 Å². The lowest BCUT2D eigenvalue weighted by Crippen LogP contribution is -2.30. The summed E-state index contributed by atoms with van der Waals surface area (Å²) in [6.07, 6.45) is 3.80. The van der Waals surface area contributed by atoms with Crippen molar-refractivity contribution in [1.29, 1.82) is 0 Å².